The first-order valence-electron chi connectivity index (χ1n) is 8.15. The van der Waals surface area contributed by atoms with Gasteiger partial charge < -0.3 is 27.7 Å². The zero-order chi connectivity index (χ0) is 19.0. The van der Waals surface area contributed by atoms with E-state index in [4.69, 9.17) is 0 Å². The summed E-state index contributed by atoms with van der Waals surface area (Å²) in [6.07, 6.45) is 6.63. The molecular formula is C15H30BF4N3O. The number of rotatable bonds is 7. The van der Waals surface area contributed by atoms with E-state index in [-0.39, 0.29) is 18.1 Å². The van der Waals surface area contributed by atoms with E-state index in [0.717, 1.165) is 13.1 Å². The zero-order valence-corrected chi connectivity index (χ0v) is 15.2. The first kappa shape index (κ1) is 22.9. The van der Waals surface area contributed by atoms with Crippen molar-refractivity contribution in [2.24, 2.45) is 12.5 Å². The molecule has 1 aromatic rings. The summed E-state index contributed by atoms with van der Waals surface area (Å²) in [5.74, 6) is 1.26. The molecule has 0 saturated carbocycles. The molecule has 9 heteroatoms. The highest BCUT2D eigenvalue weighted by molar-refractivity contribution is 6.50. The Morgan fingerprint density at radius 1 is 1.29 bits per heavy atom. The Bertz CT molecular complexity index is 466. The lowest BCUT2D eigenvalue weighted by molar-refractivity contribution is -0.679. The van der Waals surface area contributed by atoms with E-state index in [9.17, 15) is 22.4 Å². The van der Waals surface area contributed by atoms with Gasteiger partial charge in [0.2, 0.25) is 0 Å². The molecular weight excluding hydrogens is 325 g/mol. The molecule has 1 aromatic heterocycles. The summed E-state index contributed by atoms with van der Waals surface area (Å²) in [5, 5.41) is 13.0. The van der Waals surface area contributed by atoms with Gasteiger partial charge in [0, 0.05) is 6.04 Å². The molecule has 2 N–H and O–H groups in total. The number of aromatic nitrogens is 2. The lowest BCUT2D eigenvalue weighted by Gasteiger charge is -2.29. The molecule has 0 amide bonds. The summed E-state index contributed by atoms with van der Waals surface area (Å²) >= 11 is 0. The number of imidazole rings is 1. The van der Waals surface area contributed by atoms with Crippen LogP contribution >= 0.6 is 0 Å². The summed E-state index contributed by atoms with van der Waals surface area (Å²) in [7, 11) is -3.93. The smallest absolute Gasteiger partial charge is 0.418 e. The van der Waals surface area contributed by atoms with Crippen molar-refractivity contribution in [1.29, 1.82) is 0 Å². The average molecular weight is 355 g/mol. The Kier molecular flexibility index (Phi) is 9.58. The van der Waals surface area contributed by atoms with Crippen LogP contribution < -0.4 is 9.88 Å². The predicted octanol–water partition coefficient (Wildman–Crippen LogP) is 2.91. The van der Waals surface area contributed by atoms with Crippen molar-refractivity contribution >= 4 is 7.25 Å². The Labute approximate surface area is 142 Å². The van der Waals surface area contributed by atoms with Gasteiger partial charge in [-0.2, -0.15) is 0 Å². The van der Waals surface area contributed by atoms with Crippen LogP contribution in [0.3, 0.4) is 0 Å². The van der Waals surface area contributed by atoms with Crippen molar-refractivity contribution in [2.45, 2.75) is 59.7 Å². The van der Waals surface area contributed by atoms with Gasteiger partial charge in [-0.1, -0.05) is 34.1 Å². The maximum Gasteiger partial charge on any atom is 0.673 e. The molecule has 4 nitrogen and oxygen atoms in total. The topological polar surface area (TPSA) is 41.1 Å². The van der Waals surface area contributed by atoms with Gasteiger partial charge >= 0.3 is 7.25 Å². The van der Waals surface area contributed by atoms with Crippen molar-refractivity contribution in [3.8, 4) is 0 Å². The molecule has 1 heterocycles. The summed E-state index contributed by atoms with van der Waals surface area (Å²) < 4.78 is 43.5. The Hall–Kier alpha value is -1.09. The average Bonchev–Trinajstić information content (AvgIpc) is 2.75. The number of nitrogens with one attached hydrogen (secondary N) is 1. The first-order valence-corrected chi connectivity index (χ1v) is 8.15. The van der Waals surface area contributed by atoms with E-state index >= 15 is 0 Å². The van der Waals surface area contributed by atoms with Crippen LogP contribution in [0.25, 0.3) is 0 Å². The third-order valence-corrected chi connectivity index (χ3v) is 3.70. The third-order valence-electron chi connectivity index (χ3n) is 3.70. The second-order valence-electron chi connectivity index (χ2n) is 6.85. The molecule has 0 spiro atoms. The molecule has 0 radical (unpaired) electrons. The summed E-state index contributed by atoms with van der Waals surface area (Å²) in [4.78, 5) is 0. The second kappa shape index (κ2) is 10.0. The van der Waals surface area contributed by atoms with E-state index in [2.05, 4.69) is 61.6 Å². The molecule has 0 fully saturated rings. The third kappa shape index (κ3) is 9.92. The molecule has 0 aromatic carbocycles. The van der Waals surface area contributed by atoms with Crippen LogP contribution in [-0.2, 0) is 20.1 Å². The number of unbranched alkanes of at least 4 members (excludes halogenated alkanes) is 1. The summed E-state index contributed by atoms with van der Waals surface area (Å²) in [6.45, 7) is 10.7. The SMILES string of the molecule is CCCCn1cc[n+](C)c1CN[C@H](CO)C(C)(C)C.F[B-](F)(F)F. The first-order chi connectivity index (χ1) is 10.9. The Morgan fingerprint density at radius 3 is 2.25 bits per heavy atom. The number of aryl methyl sites for hydroxylation is 2. The van der Waals surface area contributed by atoms with E-state index < -0.39 is 7.25 Å². The molecule has 24 heavy (non-hydrogen) atoms. The van der Waals surface area contributed by atoms with Gasteiger partial charge in [0.25, 0.3) is 5.82 Å². The van der Waals surface area contributed by atoms with Gasteiger partial charge in [-0.15, -0.1) is 0 Å². The monoisotopic (exact) mass is 355 g/mol. The van der Waals surface area contributed by atoms with Crippen molar-refractivity contribution in [1.82, 2.24) is 9.88 Å². The van der Waals surface area contributed by atoms with Gasteiger partial charge in [-0.05, 0) is 11.8 Å². The minimum atomic E-state index is -6.00. The van der Waals surface area contributed by atoms with Gasteiger partial charge in [0.15, 0.2) is 0 Å². The van der Waals surface area contributed by atoms with Crippen molar-refractivity contribution < 1.29 is 26.9 Å². The fourth-order valence-electron chi connectivity index (χ4n) is 2.17. The van der Waals surface area contributed by atoms with E-state index in [1.54, 1.807) is 0 Å². The minimum Gasteiger partial charge on any atom is -0.418 e. The molecule has 1 rings (SSSR count). The van der Waals surface area contributed by atoms with Crippen LogP contribution in [0, 0.1) is 5.41 Å². The summed E-state index contributed by atoms with van der Waals surface area (Å²) in [6, 6.07) is 0.113. The fourth-order valence-corrected chi connectivity index (χ4v) is 2.17. The molecule has 1 atom stereocenters. The van der Waals surface area contributed by atoms with Gasteiger partial charge in [-0.25, -0.2) is 9.13 Å². The Balaban J connectivity index is 0.000000922. The van der Waals surface area contributed by atoms with E-state index in [0.29, 0.717) is 0 Å². The maximum absolute atomic E-state index is 9.75. The lowest BCUT2D eigenvalue weighted by atomic mass is 9.87. The molecule has 0 saturated heterocycles. The molecule has 0 aliphatic heterocycles. The van der Waals surface area contributed by atoms with Crippen molar-refractivity contribution in [3.63, 3.8) is 0 Å². The van der Waals surface area contributed by atoms with Gasteiger partial charge in [-0.3, -0.25) is 0 Å². The Morgan fingerprint density at radius 2 is 1.83 bits per heavy atom. The van der Waals surface area contributed by atoms with Crippen LogP contribution in [-0.4, -0.2) is 29.6 Å². The number of halogens is 4. The lowest BCUT2D eigenvalue weighted by Crippen LogP contribution is -2.45. The maximum atomic E-state index is 9.75. The largest absolute Gasteiger partial charge is 0.673 e. The highest BCUT2D eigenvalue weighted by Crippen LogP contribution is 2.19. The molecule has 0 unspecified atom stereocenters. The van der Waals surface area contributed by atoms with Crippen LogP contribution in [0.4, 0.5) is 17.3 Å². The number of aliphatic hydroxyl groups is 1. The van der Waals surface area contributed by atoms with Crippen LogP contribution in [0.15, 0.2) is 12.4 Å². The number of hydrogen-bond acceptors (Lipinski definition) is 2. The second-order valence-corrected chi connectivity index (χ2v) is 6.85. The van der Waals surface area contributed by atoms with E-state index in [1.807, 2.05) is 0 Å². The quantitative estimate of drug-likeness (QED) is 0.449. The van der Waals surface area contributed by atoms with Crippen LogP contribution in [0.2, 0.25) is 0 Å². The number of hydrogen-bond donors (Lipinski definition) is 2. The highest BCUT2D eigenvalue weighted by atomic mass is 19.5. The number of aliphatic hydroxyl groups excluding tert-OH is 1. The minimum absolute atomic E-state index is 0.0637. The normalized spacial score (nSPS) is 13.4. The van der Waals surface area contributed by atoms with Crippen molar-refractivity contribution in [3.05, 3.63) is 18.2 Å². The molecule has 0 aliphatic carbocycles. The van der Waals surface area contributed by atoms with Gasteiger partial charge in [0.05, 0.1) is 26.7 Å². The molecule has 0 bridgehead atoms. The zero-order valence-electron chi connectivity index (χ0n) is 15.2. The molecule has 0 aliphatic rings. The fraction of sp³-hybridized carbons (Fsp3) is 0.800. The predicted molar refractivity (Wildman–Crippen MR) is 87.9 cm³/mol. The van der Waals surface area contributed by atoms with Crippen molar-refractivity contribution in [2.75, 3.05) is 6.61 Å². The standard InChI is InChI=1S/C15H30N3O.BF4/c1-6-7-8-18-10-9-17(5)14(18)11-16-13(12-19)15(2,3)4;2-1(3,4)5/h9-10,13,16,19H,6-8,11-12H2,1-5H3;/q+1;-1/t13-;/m1./s1. The molecule has 142 valence electrons. The summed E-state index contributed by atoms with van der Waals surface area (Å²) in [5.41, 5.74) is 0.0637. The number of nitrogens with zero attached hydrogens (tertiary/aromatic N) is 2. The van der Waals surface area contributed by atoms with Crippen LogP contribution in [0.1, 0.15) is 46.4 Å². The van der Waals surface area contributed by atoms with Crippen LogP contribution in [0.5, 0.6) is 0 Å². The van der Waals surface area contributed by atoms with Gasteiger partial charge in [0.1, 0.15) is 12.4 Å². The highest BCUT2D eigenvalue weighted by Gasteiger charge is 2.25. The van der Waals surface area contributed by atoms with E-state index in [1.165, 1.54) is 18.7 Å².